The van der Waals surface area contributed by atoms with Crippen molar-refractivity contribution < 1.29 is 8.78 Å². The van der Waals surface area contributed by atoms with Crippen LogP contribution in [0.2, 0.25) is 0 Å². The summed E-state index contributed by atoms with van der Waals surface area (Å²) in [5.74, 6) is 0. The summed E-state index contributed by atoms with van der Waals surface area (Å²) in [5, 5.41) is 0. The molecule has 122 valence electrons. The molecule has 0 amide bonds. The second-order valence-electron chi connectivity index (χ2n) is 9.26. The van der Waals surface area contributed by atoms with Crippen LogP contribution >= 0.6 is 0 Å². The molecule has 3 heteroatoms. The fourth-order valence-corrected chi connectivity index (χ4v) is 3.76. The van der Waals surface area contributed by atoms with E-state index in [4.69, 9.17) is 0 Å². The molecule has 0 aromatic heterocycles. The molecule has 0 fully saturated rings. The van der Waals surface area contributed by atoms with Crippen LogP contribution in [0.1, 0.15) is 83.1 Å². The third-order valence-corrected chi connectivity index (χ3v) is 4.96. The molecule has 20 heavy (non-hydrogen) atoms. The zero-order valence-electron chi connectivity index (χ0n) is 16.0. The van der Waals surface area contributed by atoms with Gasteiger partial charge in [-0.05, 0) is 83.1 Å². The highest BCUT2D eigenvalue weighted by Crippen LogP contribution is 2.23. The van der Waals surface area contributed by atoms with Crippen molar-refractivity contribution in [1.29, 1.82) is 0 Å². The quantitative estimate of drug-likeness (QED) is 0.472. The van der Waals surface area contributed by atoms with Gasteiger partial charge in [-0.1, -0.05) is 0 Å². The maximum atomic E-state index is 11.6. The molecule has 0 heterocycles. The van der Waals surface area contributed by atoms with Crippen LogP contribution in [0.4, 0.5) is 0 Å². The van der Waals surface area contributed by atoms with E-state index in [2.05, 4.69) is 52.8 Å². The summed E-state index contributed by atoms with van der Waals surface area (Å²) in [5.41, 5.74) is 0.330. The van der Waals surface area contributed by atoms with Gasteiger partial charge in [-0.15, -0.1) is 0 Å². The molecule has 0 aliphatic heterocycles. The Morgan fingerprint density at radius 1 is 0.650 bits per heavy atom. The summed E-state index contributed by atoms with van der Waals surface area (Å²) in [4.78, 5) is 0. The second kappa shape index (κ2) is 6.72. The van der Waals surface area contributed by atoms with Gasteiger partial charge in [-0.3, -0.25) is 4.21 Å². The van der Waals surface area contributed by atoms with Gasteiger partial charge in [-0.25, -0.2) is 4.58 Å². The van der Waals surface area contributed by atoms with Crippen LogP contribution in [0.25, 0.3) is 0 Å². The summed E-state index contributed by atoms with van der Waals surface area (Å²) in [6, 6.07) is 0. The average Bonchev–Trinajstić information content (AvgIpc) is 2.10. The van der Waals surface area contributed by atoms with Gasteiger partial charge in [-0.2, -0.15) is 0 Å². The highest BCUT2D eigenvalue weighted by atomic mass is 32.2. The molecule has 0 aliphatic carbocycles. The van der Waals surface area contributed by atoms with Crippen molar-refractivity contribution in [3.8, 4) is 0 Å². The Hall–Kier alpha value is -0.180. The van der Waals surface area contributed by atoms with Crippen molar-refractivity contribution in [3.63, 3.8) is 0 Å². The number of nitrogens with zero attached hydrogens (tertiary/aromatic N) is 1. The van der Waals surface area contributed by atoms with E-state index in [-0.39, 0.29) is 20.6 Å². The maximum absolute atomic E-state index is 11.6. The Bertz CT molecular complexity index is 275. The normalized spacial score (nSPS) is 13.8. The molecule has 0 saturated heterocycles. The molecule has 0 N–H and O–H groups in total. The summed E-state index contributed by atoms with van der Waals surface area (Å²) in [7, 11) is -0.755. The Morgan fingerprint density at radius 3 is 0.850 bits per heavy atom. The average molecular weight is 305 g/mol. The first-order valence-corrected chi connectivity index (χ1v) is 8.49. The maximum Gasteiger partial charge on any atom is 0.154 e. The zero-order chi connectivity index (χ0) is 17.2. The van der Waals surface area contributed by atoms with Crippen LogP contribution in [0.5, 0.6) is 0 Å². The summed E-state index contributed by atoms with van der Waals surface area (Å²) in [6.45, 7) is 29.1. The molecule has 0 spiro atoms. The van der Waals surface area contributed by atoms with E-state index in [1.54, 1.807) is 0 Å². The van der Waals surface area contributed by atoms with Crippen LogP contribution in [-0.2, 0) is 10.8 Å². The SMILES string of the molecule is C=[N+](C(C)(C)C)C(C)(C)C.CC(C)(C)S(=O)C(C)(C)C. The third-order valence-electron chi connectivity index (χ3n) is 2.73. The Kier molecular flexibility index (Phi) is 7.43. The number of hydrogen-bond acceptors (Lipinski definition) is 1. The van der Waals surface area contributed by atoms with E-state index >= 15 is 0 Å². The lowest BCUT2D eigenvalue weighted by molar-refractivity contribution is -0.650. The molecule has 0 atom stereocenters. The largest absolute Gasteiger partial charge is 0.258 e. The monoisotopic (exact) mass is 304 g/mol. The first-order valence-electron chi connectivity index (χ1n) is 7.34. The van der Waals surface area contributed by atoms with Crippen LogP contribution < -0.4 is 0 Å². The lowest BCUT2D eigenvalue weighted by atomic mass is 9.99. The topological polar surface area (TPSA) is 20.1 Å². The molecule has 0 aromatic rings. The first kappa shape index (κ1) is 22.1. The second-order valence-corrected chi connectivity index (χ2v) is 12.3. The molecule has 0 aliphatic rings. The van der Waals surface area contributed by atoms with Crippen LogP contribution in [-0.4, -0.2) is 36.1 Å². The number of rotatable bonds is 0. The van der Waals surface area contributed by atoms with Gasteiger partial charge in [0.15, 0.2) is 11.1 Å². The molecule has 0 rings (SSSR count). The van der Waals surface area contributed by atoms with Gasteiger partial charge < -0.3 is 0 Å². The predicted molar refractivity (Wildman–Crippen MR) is 94.5 cm³/mol. The Balaban J connectivity index is 0. The molecular formula is C17H38NOS+. The molecule has 0 unspecified atom stereocenters. The predicted octanol–water partition coefficient (Wildman–Crippen LogP) is 4.63. The van der Waals surface area contributed by atoms with E-state index in [0.29, 0.717) is 0 Å². The molecule has 0 saturated carbocycles. The summed E-state index contributed by atoms with van der Waals surface area (Å²) >= 11 is 0. The minimum Gasteiger partial charge on any atom is -0.258 e. The minimum atomic E-state index is -0.755. The summed E-state index contributed by atoms with van der Waals surface area (Å²) in [6.07, 6.45) is 0. The number of hydrogen-bond donors (Lipinski definition) is 0. The van der Waals surface area contributed by atoms with Gasteiger partial charge in [0, 0.05) is 20.3 Å². The minimum absolute atomic E-state index is 0.0851. The van der Waals surface area contributed by atoms with Crippen molar-refractivity contribution in [3.05, 3.63) is 0 Å². The van der Waals surface area contributed by atoms with Crippen molar-refractivity contribution in [1.82, 2.24) is 0 Å². The highest BCUT2D eigenvalue weighted by Gasteiger charge is 2.32. The van der Waals surface area contributed by atoms with Gasteiger partial charge in [0.25, 0.3) is 0 Å². The third kappa shape index (κ3) is 8.89. The van der Waals surface area contributed by atoms with E-state index in [9.17, 15) is 4.21 Å². The molecular weight excluding hydrogens is 266 g/mol. The highest BCUT2D eigenvalue weighted by molar-refractivity contribution is 7.87. The Morgan fingerprint density at radius 2 is 0.850 bits per heavy atom. The van der Waals surface area contributed by atoms with Crippen LogP contribution in [0.3, 0.4) is 0 Å². The zero-order valence-corrected chi connectivity index (χ0v) is 16.8. The first-order chi connectivity index (χ1) is 8.31. The molecule has 2 nitrogen and oxygen atoms in total. The summed E-state index contributed by atoms with van der Waals surface area (Å²) < 4.78 is 13.6. The lowest BCUT2D eigenvalue weighted by Crippen LogP contribution is -2.44. The van der Waals surface area contributed by atoms with E-state index in [1.807, 2.05) is 41.5 Å². The lowest BCUT2D eigenvalue weighted by Gasteiger charge is -2.28. The van der Waals surface area contributed by atoms with E-state index in [1.165, 1.54) is 0 Å². The fourth-order valence-electron chi connectivity index (χ4n) is 1.92. The van der Waals surface area contributed by atoms with Crippen molar-refractivity contribution >= 4 is 17.5 Å². The van der Waals surface area contributed by atoms with Crippen molar-refractivity contribution in [2.45, 2.75) is 104 Å². The Labute approximate surface area is 130 Å². The molecule has 0 radical (unpaired) electrons. The van der Waals surface area contributed by atoms with Gasteiger partial charge in [0.05, 0.1) is 0 Å². The molecule has 0 aromatic carbocycles. The van der Waals surface area contributed by atoms with Gasteiger partial charge in [0.1, 0.15) is 6.72 Å². The van der Waals surface area contributed by atoms with Crippen LogP contribution in [0, 0.1) is 0 Å². The smallest absolute Gasteiger partial charge is 0.154 e. The van der Waals surface area contributed by atoms with Crippen molar-refractivity contribution in [2.24, 2.45) is 0 Å². The van der Waals surface area contributed by atoms with Gasteiger partial charge >= 0.3 is 0 Å². The van der Waals surface area contributed by atoms with Gasteiger partial charge in [0.2, 0.25) is 0 Å². The van der Waals surface area contributed by atoms with Crippen LogP contribution in [0.15, 0.2) is 0 Å². The standard InChI is InChI=1S/C9H20N.C8H18OS/c1-8(2,3)10(7)9(4,5)6;1-7(2,3)10(9)8(4,5)6/h7H2,1-6H3;1-6H3/q+1;. The van der Waals surface area contributed by atoms with Crippen molar-refractivity contribution in [2.75, 3.05) is 0 Å². The molecule has 0 bridgehead atoms. The van der Waals surface area contributed by atoms with E-state index in [0.717, 1.165) is 0 Å². The fraction of sp³-hybridized carbons (Fsp3) is 0.941. The van der Waals surface area contributed by atoms with E-state index < -0.39 is 10.8 Å².